The third-order valence-corrected chi connectivity index (χ3v) is 11.4. The Hall–Kier alpha value is -6.90. The van der Waals surface area contributed by atoms with E-state index in [2.05, 4.69) is 217 Å². The highest BCUT2D eigenvalue weighted by atomic mass is 15.1. The number of aromatic nitrogens is 1. The zero-order chi connectivity index (χ0) is 37.4. The van der Waals surface area contributed by atoms with E-state index in [-0.39, 0.29) is 0 Å². The molecule has 10 rings (SSSR count). The van der Waals surface area contributed by atoms with Crippen LogP contribution in [0.1, 0.15) is 24.6 Å². The number of nitrogens with zero attached hydrogens (tertiary/aromatic N) is 2. The van der Waals surface area contributed by atoms with Gasteiger partial charge in [-0.1, -0.05) is 152 Å². The SMILES string of the molecule is C/C=C\C=C/Cn1c2c(c3c(-c4cccc(N(c5ccc(-c6cccc7ccccc67)cc5)c5ccc6ccccc6c5)c4)cc4ccccc4c31)CCC=C2. The van der Waals surface area contributed by atoms with Crippen molar-refractivity contribution in [2.45, 2.75) is 26.3 Å². The van der Waals surface area contributed by atoms with E-state index >= 15 is 0 Å². The lowest BCUT2D eigenvalue weighted by atomic mass is 9.91. The van der Waals surface area contributed by atoms with Gasteiger partial charge in [-0.05, 0) is 123 Å². The summed E-state index contributed by atoms with van der Waals surface area (Å²) < 4.78 is 2.54. The monoisotopic (exact) mass is 718 g/mol. The van der Waals surface area contributed by atoms with Crippen molar-refractivity contribution in [2.24, 2.45) is 0 Å². The Balaban J connectivity index is 1.16. The first kappa shape index (κ1) is 33.7. The fraction of sp³-hybridized carbons (Fsp3) is 0.0741. The molecule has 0 saturated heterocycles. The molecule has 0 bridgehead atoms. The van der Waals surface area contributed by atoms with Crippen LogP contribution < -0.4 is 4.90 Å². The summed E-state index contributed by atoms with van der Waals surface area (Å²) in [6.07, 6.45) is 15.4. The van der Waals surface area contributed by atoms with E-state index < -0.39 is 0 Å². The second-order valence-electron chi connectivity index (χ2n) is 14.7. The average molecular weight is 719 g/mol. The summed E-state index contributed by atoms with van der Waals surface area (Å²) in [5.74, 6) is 0. The van der Waals surface area contributed by atoms with E-state index in [1.54, 1.807) is 0 Å². The van der Waals surface area contributed by atoms with Gasteiger partial charge in [0.25, 0.3) is 0 Å². The largest absolute Gasteiger partial charge is 0.336 e. The summed E-state index contributed by atoms with van der Waals surface area (Å²) in [5.41, 5.74) is 12.4. The van der Waals surface area contributed by atoms with Crippen molar-refractivity contribution in [3.05, 3.63) is 205 Å². The van der Waals surface area contributed by atoms with Gasteiger partial charge in [0, 0.05) is 40.1 Å². The molecule has 0 fully saturated rings. The lowest BCUT2D eigenvalue weighted by Gasteiger charge is -2.27. The first-order chi connectivity index (χ1) is 27.7. The summed E-state index contributed by atoms with van der Waals surface area (Å²) >= 11 is 0. The van der Waals surface area contributed by atoms with Crippen LogP contribution in [0.2, 0.25) is 0 Å². The van der Waals surface area contributed by atoms with E-state index in [0.717, 1.165) is 36.4 Å². The van der Waals surface area contributed by atoms with Gasteiger partial charge in [-0.3, -0.25) is 0 Å². The molecule has 1 aliphatic rings. The molecule has 1 aromatic heterocycles. The minimum Gasteiger partial charge on any atom is -0.336 e. The fourth-order valence-corrected chi connectivity index (χ4v) is 8.81. The summed E-state index contributed by atoms with van der Waals surface area (Å²) in [4.78, 5) is 2.41. The third kappa shape index (κ3) is 5.91. The van der Waals surface area contributed by atoms with Gasteiger partial charge in [-0.25, -0.2) is 0 Å². The van der Waals surface area contributed by atoms with Crippen LogP contribution in [0.4, 0.5) is 17.1 Å². The Labute approximate surface area is 328 Å². The molecule has 1 heterocycles. The van der Waals surface area contributed by atoms with E-state index in [4.69, 9.17) is 0 Å². The maximum Gasteiger partial charge on any atom is 0.0576 e. The molecule has 1 aliphatic carbocycles. The molecular weight excluding hydrogens is 677 g/mol. The van der Waals surface area contributed by atoms with Gasteiger partial charge < -0.3 is 9.47 Å². The van der Waals surface area contributed by atoms with E-state index in [0.29, 0.717) is 0 Å². The molecule has 268 valence electrons. The normalized spacial score (nSPS) is 12.8. The smallest absolute Gasteiger partial charge is 0.0576 e. The number of fused-ring (bicyclic) bond motifs is 7. The van der Waals surface area contributed by atoms with Crippen molar-refractivity contribution in [2.75, 3.05) is 4.90 Å². The highest BCUT2D eigenvalue weighted by Crippen LogP contribution is 2.44. The van der Waals surface area contributed by atoms with Crippen LogP contribution in [-0.4, -0.2) is 4.57 Å². The van der Waals surface area contributed by atoms with Crippen molar-refractivity contribution >= 4 is 66.4 Å². The second kappa shape index (κ2) is 14.4. The van der Waals surface area contributed by atoms with Crippen molar-refractivity contribution in [1.29, 1.82) is 0 Å². The van der Waals surface area contributed by atoms with Crippen molar-refractivity contribution in [1.82, 2.24) is 4.57 Å². The Kier molecular flexibility index (Phi) is 8.65. The van der Waals surface area contributed by atoms with Crippen LogP contribution in [0, 0.1) is 0 Å². The lowest BCUT2D eigenvalue weighted by Crippen LogP contribution is -2.10. The predicted octanol–water partition coefficient (Wildman–Crippen LogP) is 15.0. The van der Waals surface area contributed by atoms with Crippen LogP contribution in [0.3, 0.4) is 0 Å². The summed E-state index contributed by atoms with van der Waals surface area (Å²) in [7, 11) is 0. The van der Waals surface area contributed by atoms with Crippen LogP contribution in [0.15, 0.2) is 194 Å². The molecule has 0 N–H and O–H groups in total. The molecule has 0 saturated carbocycles. The lowest BCUT2D eigenvalue weighted by molar-refractivity contribution is 0.836. The number of rotatable bonds is 8. The minimum atomic E-state index is 0.818. The molecule has 2 nitrogen and oxygen atoms in total. The summed E-state index contributed by atoms with van der Waals surface area (Å²) in [6.45, 7) is 2.88. The van der Waals surface area contributed by atoms with Gasteiger partial charge in [0.1, 0.15) is 0 Å². The van der Waals surface area contributed by atoms with Crippen LogP contribution in [0.25, 0.3) is 71.6 Å². The summed E-state index contributed by atoms with van der Waals surface area (Å²) in [5, 5.41) is 8.91. The second-order valence-corrected chi connectivity index (χ2v) is 14.7. The predicted molar refractivity (Wildman–Crippen MR) is 241 cm³/mol. The van der Waals surface area contributed by atoms with E-state index in [9.17, 15) is 0 Å². The van der Waals surface area contributed by atoms with Gasteiger partial charge in [0.2, 0.25) is 0 Å². The molecule has 0 spiro atoms. The Morgan fingerprint density at radius 1 is 0.554 bits per heavy atom. The van der Waals surface area contributed by atoms with Gasteiger partial charge in [-0.15, -0.1) is 0 Å². The van der Waals surface area contributed by atoms with Gasteiger partial charge in [-0.2, -0.15) is 0 Å². The number of allylic oxidation sites excluding steroid dienone is 5. The highest BCUT2D eigenvalue weighted by molar-refractivity contribution is 6.15. The minimum absolute atomic E-state index is 0.818. The maximum atomic E-state index is 2.54. The van der Waals surface area contributed by atoms with E-state index in [1.165, 1.54) is 76.7 Å². The molecule has 0 radical (unpaired) electrons. The first-order valence-electron chi connectivity index (χ1n) is 19.7. The van der Waals surface area contributed by atoms with Crippen LogP contribution >= 0.6 is 0 Å². The Morgan fingerprint density at radius 2 is 1.27 bits per heavy atom. The number of aryl methyl sites for hydroxylation is 1. The highest BCUT2D eigenvalue weighted by Gasteiger charge is 2.23. The zero-order valence-corrected chi connectivity index (χ0v) is 31.6. The van der Waals surface area contributed by atoms with Crippen molar-refractivity contribution in [3.63, 3.8) is 0 Å². The Morgan fingerprint density at radius 3 is 2.12 bits per heavy atom. The zero-order valence-electron chi connectivity index (χ0n) is 31.6. The molecule has 8 aromatic carbocycles. The fourth-order valence-electron chi connectivity index (χ4n) is 8.81. The number of hydrogen-bond acceptors (Lipinski definition) is 1. The molecular formula is C54H42N2. The van der Waals surface area contributed by atoms with E-state index in [1.807, 2.05) is 0 Å². The molecule has 9 aromatic rings. The number of benzene rings is 8. The molecule has 0 unspecified atom stereocenters. The van der Waals surface area contributed by atoms with Crippen LogP contribution in [0.5, 0.6) is 0 Å². The van der Waals surface area contributed by atoms with Crippen LogP contribution in [-0.2, 0) is 13.0 Å². The van der Waals surface area contributed by atoms with Gasteiger partial charge in [0.15, 0.2) is 0 Å². The first-order valence-corrected chi connectivity index (χ1v) is 19.7. The standard InChI is InChI=1S/C54H42N2/c1-2-3-4-13-34-55-52-27-12-11-25-50(52)53-51(37-43-19-8-10-24-49(43)54(53)55)42-21-14-22-45(36-42)56(46-33-28-38-16-5-6-18-41(38)35-46)44-31-29-40(30-32-44)48-26-15-20-39-17-7-9-23-47(39)48/h2-10,12-24,26-33,35-37H,11,25,34H2,1H3/b3-2-,13-4-. The molecule has 56 heavy (non-hydrogen) atoms. The molecule has 0 aliphatic heterocycles. The summed E-state index contributed by atoms with van der Waals surface area (Å²) in [6, 6.07) is 60.3. The maximum absolute atomic E-state index is 2.54. The topological polar surface area (TPSA) is 8.17 Å². The van der Waals surface area contributed by atoms with Crippen molar-refractivity contribution < 1.29 is 0 Å². The molecule has 2 heteroatoms. The molecule has 0 atom stereocenters. The number of anilines is 3. The number of hydrogen-bond donors (Lipinski definition) is 0. The van der Waals surface area contributed by atoms with Gasteiger partial charge >= 0.3 is 0 Å². The quantitative estimate of drug-likeness (QED) is 0.142. The molecule has 0 amide bonds. The third-order valence-electron chi connectivity index (χ3n) is 11.4. The Bertz CT molecular complexity index is 3000. The average Bonchev–Trinajstić information content (AvgIpc) is 3.59. The van der Waals surface area contributed by atoms with Gasteiger partial charge in [0.05, 0.1) is 5.52 Å². The van der Waals surface area contributed by atoms with Crippen molar-refractivity contribution in [3.8, 4) is 22.3 Å².